The summed E-state index contributed by atoms with van der Waals surface area (Å²) in [6, 6.07) is 0.393. The van der Waals surface area contributed by atoms with Crippen LogP contribution in [0.25, 0.3) is 0 Å². The molecule has 2 rings (SSSR count). The first-order valence-corrected chi connectivity index (χ1v) is 5.37. The molecule has 2 N–H and O–H groups in total. The Morgan fingerprint density at radius 2 is 2.08 bits per heavy atom. The molecule has 1 heterocycles. The molecule has 1 aliphatic carbocycles. The number of hydrogen-bond donors (Lipinski definition) is 2. The van der Waals surface area contributed by atoms with Gasteiger partial charge in [-0.3, -0.25) is 0 Å². The molecule has 1 aliphatic heterocycles. The quantitative estimate of drug-likeness (QED) is 0.626. The Kier molecular flexibility index (Phi) is 3.19. The molecule has 3 nitrogen and oxygen atoms in total. The summed E-state index contributed by atoms with van der Waals surface area (Å²) in [5.74, 6) is 0.425. The standard InChI is InChI=1S/C10H19NO2/c12-10-4-2-1-3-8(10)9-7-13-6-5-11-9/h8-12H,1-7H2/t8-,9+,10-/m1/s1. The first kappa shape index (κ1) is 9.44. The Morgan fingerprint density at radius 3 is 2.77 bits per heavy atom. The van der Waals surface area contributed by atoms with Gasteiger partial charge < -0.3 is 15.2 Å². The smallest absolute Gasteiger partial charge is 0.0623 e. The lowest BCUT2D eigenvalue weighted by molar-refractivity contribution is -0.00438. The van der Waals surface area contributed by atoms with E-state index in [4.69, 9.17) is 4.74 Å². The molecule has 3 atom stereocenters. The molecule has 0 aromatic rings. The zero-order valence-electron chi connectivity index (χ0n) is 8.04. The van der Waals surface area contributed by atoms with Crippen molar-refractivity contribution in [2.75, 3.05) is 19.8 Å². The fourth-order valence-electron chi connectivity index (χ4n) is 2.47. The number of rotatable bonds is 1. The number of ether oxygens (including phenoxy) is 1. The highest BCUT2D eigenvalue weighted by atomic mass is 16.5. The van der Waals surface area contributed by atoms with Gasteiger partial charge in [0, 0.05) is 18.5 Å². The van der Waals surface area contributed by atoms with Gasteiger partial charge in [-0.25, -0.2) is 0 Å². The van der Waals surface area contributed by atoms with Gasteiger partial charge >= 0.3 is 0 Å². The summed E-state index contributed by atoms with van der Waals surface area (Å²) in [7, 11) is 0. The van der Waals surface area contributed by atoms with Crippen molar-refractivity contribution in [2.45, 2.75) is 37.8 Å². The predicted octanol–water partition coefficient (Wildman–Crippen LogP) is 0.526. The van der Waals surface area contributed by atoms with Gasteiger partial charge in [-0.1, -0.05) is 12.8 Å². The van der Waals surface area contributed by atoms with Crippen LogP contribution >= 0.6 is 0 Å². The molecule has 0 aromatic carbocycles. The second kappa shape index (κ2) is 4.40. The van der Waals surface area contributed by atoms with E-state index in [9.17, 15) is 5.11 Å². The van der Waals surface area contributed by atoms with Crippen LogP contribution in [0.15, 0.2) is 0 Å². The van der Waals surface area contributed by atoms with Crippen molar-refractivity contribution in [3.8, 4) is 0 Å². The molecule has 76 valence electrons. The molecule has 2 fully saturated rings. The minimum absolute atomic E-state index is 0.104. The van der Waals surface area contributed by atoms with E-state index in [-0.39, 0.29) is 6.10 Å². The van der Waals surface area contributed by atoms with Crippen molar-refractivity contribution in [3.63, 3.8) is 0 Å². The van der Waals surface area contributed by atoms with Gasteiger partial charge in [0.05, 0.1) is 19.3 Å². The molecule has 0 bridgehead atoms. The second-order valence-corrected chi connectivity index (χ2v) is 4.15. The first-order chi connectivity index (χ1) is 6.38. The molecule has 1 saturated heterocycles. The minimum Gasteiger partial charge on any atom is -0.393 e. The third-order valence-corrected chi connectivity index (χ3v) is 3.25. The van der Waals surface area contributed by atoms with Crippen LogP contribution in [0.2, 0.25) is 0 Å². The van der Waals surface area contributed by atoms with Gasteiger partial charge in [0.1, 0.15) is 0 Å². The maximum atomic E-state index is 9.83. The molecule has 0 spiro atoms. The van der Waals surface area contributed by atoms with E-state index < -0.39 is 0 Å². The largest absolute Gasteiger partial charge is 0.393 e. The fraction of sp³-hybridized carbons (Fsp3) is 1.00. The summed E-state index contributed by atoms with van der Waals surface area (Å²) < 4.78 is 5.41. The van der Waals surface area contributed by atoms with Crippen molar-refractivity contribution in [3.05, 3.63) is 0 Å². The topological polar surface area (TPSA) is 41.5 Å². The SMILES string of the molecule is O[C@@H]1CCCC[C@@H]1[C@@H]1COCCN1. The summed E-state index contributed by atoms with van der Waals surface area (Å²) in [5.41, 5.74) is 0. The molecule has 0 amide bonds. The second-order valence-electron chi connectivity index (χ2n) is 4.15. The number of hydrogen-bond acceptors (Lipinski definition) is 3. The number of morpholine rings is 1. The first-order valence-electron chi connectivity index (χ1n) is 5.37. The summed E-state index contributed by atoms with van der Waals surface area (Å²) in [6.07, 6.45) is 4.48. The number of aliphatic hydroxyl groups is 1. The average molecular weight is 185 g/mol. The van der Waals surface area contributed by atoms with Gasteiger partial charge in [-0.15, -0.1) is 0 Å². The lowest BCUT2D eigenvalue weighted by atomic mass is 9.81. The van der Waals surface area contributed by atoms with Crippen LogP contribution in [-0.4, -0.2) is 37.0 Å². The molecule has 2 aliphatic rings. The van der Waals surface area contributed by atoms with E-state index >= 15 is 0 Å². The van der Waals surface area contributed by atoms with Gasteiger partial charge in [0.15, 0.2) is 0 Å². The Hall–Kier alpha value is -0.120. The molecule has 0 aromatic heterocycles. The van der Waals surface area contributed by atoms with Crippen LogP contribution in [0.3, 0.4) is 0 Å². The minimum atomic E-state index is -0.104. The van der Waals surface area contributed by atoms with Crippen molar-refractivity contribution in [1.29, 1.82) is 0 Å². The monoisotopic (exact) mass is 185 g/mol. The normalized spacial score (nSPS) is 41.8. The highest BCUT2D eigenvalue weighted by Crippen LogP contribution is 2.27. The number of aliphatic hydroxyl groups excluding tert-OH is 1. The van der Waals surface area contributed by atoms with E-state index in [1.807, 2.05) is 0 Å². The average Bonchev–Trinajstić information content (AvgIpc) is 2.20. The maximum Gasteiger partial charge on any atom is 0.0623 e. The van der Waals surface area contributed by atoms with Gasteiger partial charge in [-0.2, -0.15) is 0 Å². The van der Waals surface area contributed by atoms with Crippen molar-refractivity contribution < 1.29 is 9.84 Å². The van der Waals surface area contributed by atoms with Crippen LogP contribution < -0.4 is 5.32 Å². The predicted molar refractivity (Wildman–Crippen MR) is 50.6 cm³/mol. The Morgan fingerprint density at radius 1 is 1.23 bits per heavy atom. The highest BCUT2D eigenvalue weighted by Gasteiger charge is 2.31. The van der Waals surface area contributed by atoms with Crippen LogP contribution in [0.5, 0.6) is 0 Å². The molecule has 0 unspecified atom stereocenters. The van der Waals surface area contributed by atoms with Crippen molar-refractivity contribution >= 4 is 0 Å². The number of nitrogens with one attached hydrogen (secondary N) is 1. The van der Waals surface area contributed by atoms with E-state index in [0.717, 1.165) is 32.6 Å². The van der Waals surface area contributed by atoms with E-state index in [1.54, 1.807) is 0 Å². The summed E-state index contributed by atoms with van der Waals surface area (Å²) in [5, 5.41) is 13.3. The lowest BCUT2D eigenvalue weighted by Gasteiger charge is -2.36. The van der Waals surface area contributed by atoms with E-state index in [1.165, 1.54) is 12.8 Å². The van der Waals surface area contributed by atoms with Gasteiger partial charge in [-0.05, 0) is 12.8 Å². The third-order valence-electron chi connectivity index (χ3n) is 3.25. The van der Waals surface area contributed by atoms with Crippen LogP contribution in [0.4, 0.5) is 0 Å². The molecule has 13 heavy (non-hydrogen) atoms. The molecular weight excluding hydrogens is 166 g/mol. The van der Waals surface area contributed by atoms with Crippen LogP contribution in [-0.2, 0) is 4.74 Å². The summed E-state index contributed by atoms with van der Waals surface area (Å²) in [4.78, 5) is 0. The van der Waals surface area contributed by atoms with E-state index in [0.29, 0.717) is 12.0 Å². The fourth-order valence-corrected chi connectivity index (χ4v) is 2.47. The Bertz CT molecular complexity index is 157. The maximum absolute atomic E-state index is 9.83. The zero-order chi connectivity index (χ0) is 9.10. The molecule has 3 heteroatoms. The van der Waals surface area contributed by atoms with Crippen LogP contribution in [0.1, 0.15) is 25.7 Å². The third kappa shape index (κ3) is 2.22. The molecule has 1 saturated carbocycles. The highest BCUT2D eigenvalue weighted by molar-refractivity contribution is 4.86. The Labute approximate surface area is 79.5 Å². The zero-order valence-corrected chi connectivity index (χ0v) is 8.04. The summed E-state index contributed by atoms with van der Waals surface area (Å²) in [6.45, 7) is 2.54. The van der Waals surface area contributed by atoms with Gasteiger partial charge in [0.25, 0.3) is 0 Å². The van der Waals surface area contributed by atoms with Crippen molar-refractivity contribution in [1.82, 2.24) is 5.32 Å². The molecular formula is C10H19NO2. The lowest BCUT2D eigenvalue weighted by Crippen LogP contribution is -2.50. The Balaban J connectivity index is 1.88. The van der Waals surface area contributed by atoms with E-state index in [2.05, 4.69) is 5.32 Å². The molecule has 0 radical (unpaired) electrons. The van der Waals surface area contributed by atoms with Gasteiger partial charge in [0.2, 0.25) is 0 Å². The summed E-state index contributed by atoms with van der Waals surface area (Å²) >= 11 is 0. The van der Waals surface area contributed by atoms with Crippen molar-refractivity contribution in [2.24, 2.45) is 5.92 Å². The van der Waals surface area contributed by atoms with Crippen LogP contribution in [0, 0.1) is 5.92 Å².